The standard InChI is InChI=1S/C9H9BrClNO2/c1-2-5(9(13)14)6-3-8(11)12-4-7(6)10/h3-5H,2H2,1H3,(H,13,14). The van der Waals surface area contributed by atoms with Crippen LogP contribution in [-0.4, -0.2) is 16.1 Å². The minimum atomic E-state index is -0.851. The maximum Gasteiger partial charge on any atom is 0.311 e. The molecule has 1 aromatic rings. The molecule has 1 rings (SSSR count). The van der Waals surface area contributed by atoms with Crippen molar-refractivity contribution >= 4 is 33.5 Å². The first-order valence-corrected chi connectivity index (χ1v) is 5.27. The van der Waals surface area contributed by atoms with Gasteiger partial charge in [-0.15, -0.1) is 0 Å². The first-order chi connectivity index (χ1) is 6.56. The van der Waals surface area contributed by atoms with E-state index in [1.807, 2.05) is 6.92 Å². The molecular weight excluding hydrogens is 269 g/mol. The van der Waals surface area contributed by atoms with Crippen LogP contribution in [0.5, 0.6) is 0 Å². The van der Waals surface area contributed by atoms with Gasteiger partial charge in [-0.25, -0.2) is 4.98 Å². The molecule has 0 fully saturated rings. The molecule has 1 aromatic heterocycles. The number of pyridine rings is 1. The van der Waals surface area contributed by atoms with Gasteiger partial charge in [0.15, 0.2) is 0 Å². The van der Waals surface area contributed by atoms with Crippen molar-refractivity contribution in [1.29, 1.82) is 0 Å². The summed E-state index contributed by atoms with van der Waals surface area (Å²) in [4.78, 5) is 14.8. The van der Waals surface area contributed by atoms with E-state index < -0.39 is 11.9 Å². The summed E-state index contributed by atoms with van der Waals surface area (Å²) in [5.41, 5.74) is 0.667. The average Bonchev–Trinajstić information content (AvgIpc) is 2.11. The van der Waals surface area contributed by atoms with Crippen LogP contribution in [0.15, 0.2) is 16.7 Å². The Balaban J connectivity index is 3.15. The van der Waals surface area contributed by atoms with Crippen molar-refractivity contribution in [2.75, 3.05) is 0 Å². The van der Waals surface area contributed by atoms with Gasteiger partial charge in [-0.3, -0.25) is 4.79 Å². The van der Waals surface area contributed by atoms with Gasteiger partial charge in [0.2, 0.25) is 0 Å². The number of hydrogen-bond acceptors (Lipinski definition) is 2. The third-order valence-corrected chi connectivity index (χ3v) is 2.80. The number of aliphatic carboxylic acids is 1. The van der Waals surface area contributed by atoms with Gasteiger partial charge in [0, 0.05) is 10.7 Å². The minimum Gasteiger partial charge on any atom is -0.481 e. The monoisotopic (exact) mass is 277 g/mol. The Morgan fingerprint density at radius 3 is 2.93 bits per heavy atom. The summed E-state index contributed by atoms with van der Waals surface area (Å²) in [6, 6.07) is 1.58. The molecule has 5 heteroatoms. The number of hydrogen-bond donors (Lipinski definition) is 1. The zero-order chi connectivity index (χ0) is 10.7. The van der Waals surface area contributed by atoms with Crippen molar-refractivity contribution in [2.45, 2.75) is 19.3 Å². The average molecular weight is 279 g/mol. The molecule has 3 nitrogen and oxygen atoms in total. The Morgan fingerprint density at radius 2 is 2.43 bits per heavy atom. The normalized spacial score (nSPS) is 12.5. The van der Waals surface area contributed by atoms with Gasteiger partial charge >= 0.3 is 5.97 Å². The van der Waals surface area contributed by atoms with Crippen molar-refractivity contribution < 1.29 is 9.90 Å². The lowest BCUT2D eigenvalue weighted by Gasteiger charge is -2.11. The second kappa shape index (κ2) is 4.75. The lowest BCUT2D eigenvalue weighted by atomic mass is 9.98. The highest BCUT2D eigenvalue weighted by atomic mass is 79.9. The predicted molar refractivity (Wildman–Crippen MR) is 57.6 cm³/mol. The van der Waals surface area contributed by atoms with Gasteiger partial charge < -0.3 is 5.11 Å². The number of nitrogens with zero attached hydrogens (tertiary/aromatic N) is 1. The molecule has 0 saturated carbocycles. The summed E-state index contributed by atoms with van der Waals surface area (Å²) in [5, 5.41) is 9.27. The predicted octanol–water partition coefficient (Wildman–Crippen LogP) is 3.08. The Morgan fingerprint density at radius 1 is 1.79 bits per heavy atom. The van der Waals surface area contributed by atoms with Crippen LogP contribution < -0.4 is 0 Å². The van der Waals surface area contributed by atoms with Crippen LogP contribution in [0.25, 0.3) is 0 Å². The molecule has 1 unspecified atom stereocenters. The van der Waals surface area contributed by atoms with E-state index in [-0.39, 0.29) is 0 Å². The summed E-state index contributed by atoms with van der Waals surface area (Å²) in [7, 11) is 0. The molecule has 1 N–H and O–H groups in total. The van der Waals surface area contributed by atoms with Crippen LogP contribution in [0.3, 0.4) is 0 Å². The van der Waals surface area contributed by atoms with Gasteiger partial charge in [-0.05, 0) is 34.0 Å². The number of halogens is 2. The van der Waals surface area contributed by atoms with Crippen molar-refractivity contribution in [3.63, 3.8) is 0 Å². The van der Waals surface area contributed by atoms with Crippen molar-refractivity contribution in [3.8, 4) is 0 Å². The molecule has 76 valence electrons. The molecule has 0 aliphatic rings. The number of carbonyl (C=O) groups is 1. The number of aromatic nitrogens is 1. The molecule has 1 atom stereocenters. The number of carboxylic acids is 1. The number of rotatable bonds is 3. The third-order valence-electron chi connectivity index (χ3n) is 1.93. The summed E-state index contributed by atoms with van der Waals surface area (Å²) in [5.74, 6) is -1.39. The first kappa shape index (κ1) is 11.5. The topological polar surface area (TPSA) is 50.2 Å². The van der Waals surface area contributed by atoms with Crippen molar-refractivity contribution in [2.24, 2.45) is 0 Å². The fourth-order valence-corrected chi connectivity index (χ4v) is 1.88. The second-order valence-electron chi connectivity index (χ2n) is 2.83. The van der Waals surface area contributed by atoms with Crippen LogP contribution >= 0.6 is 27.5 Å². The highest BCUT2D eigenvalue weighted by Crippen LogP contribution is 2.28. The minimum absolute atomic E-state index is 0.308. The van der Waals surface area contributed by atoms with E-state index in [4.69, 9.17) is 16.7 Å². The summed E-state index contributed by atoms with van der Waals surface area (Å²) in [6.45, 7) is 1.82. The lowest BCUT2D eigenvalue weighted by Crippen LogP contribution is -2.11. The molecule has 0 amide bonds. The Kier molecular flexibility index (Phi) is 3.89. The summed E-state index contributed by atoms with van der Waals surface area (Å²) < 4.78 is 0.677. The van der Waals surface area contributed by atoms with E-state index in [2.05, 4.69) is 20.9 Å². The van der Waals surface area contributed by atoms with E-state index >= 15 is 0 Å². The molecule has 0 bridgehead atoms. The third kappa shape index (κ3) is 2.45. The largest absolute Gasteiger partial charge is 0.481 e. The fourth-order valence-electron chi connectivity index (χ4n) is 1.22. The fraction of sp³-hybridized carbons (Fsp3) is 0.333. The van der Waals surface area contributed by atoms with Gasteiger partial charge in [-0.1, -0.05) is 18.5 Å². The molecule has 0 aromatic carbocycles. The van der Waals surface area contributed by atoms with E-state index in [1.54, 1.807) is 6.07 Å². The first-order valence-electron chi connectivity index (χ1n) is 4.10. The molecule has 0 radical (unpaired) electrons. The zero-order valence-electron chi connectivity index (χ0n) is 7.50. The smallest absolute Gasteiger partial charge is 0.311 e. The Bertz CT molecular complexity index is 357. The van der Waals surface area contributed by atoms with Gasteiger partial charge in [0.1, 0.15) is 5.15 Å². The van der Waals surface area contributed by atoms with Crippen LogP contribution in [0.2, 0.25) is 5.15 Å². The number of carboxylic acid groups (broad SMARTS) is 1. The van der Waals surface area contributed by atoms with Gasteiger partial charge in [-0.2, -0.15) is 0 Å². The molecular formula is C9H9BrClNO2. The molecule has 0 aliphatic carbocycles. The van der Waals surface area contributed by atoms with Crippen molar-refractivity contribution in [3.05, 3.63) is 27.5 Å². The van der Waals surface area contributed by atoms with E-state index in [9.17, 15) is 4.79 Å². The summed E-state index contributed by atoms with van der Waals surface area (Å²) >= 11 is 8.95. The highest BCUT2D eigenvalue weighted by Gasteiger charge is 2.20. The molecule has 14 heavy (non-hydrogen) atoms. The quantitative estimate of drug-likeness (QED) is 0.865. The highest BCUT2D eigenvalue weighted by molar-refractivity contribution is 9.10. The Hall–Kier alpha value is -0.610. The van der Waals surface area contributed by atoms with Crippen molar-refractivity contribution in [1.82, 2.24) is 4.98 Å². The van der Waals surface area contributed by atoms with Crippen LogP contribution in [0, 0.1) is 0 Å². The van der Waals surface area contributed by atoms with Crippen LogP contribution in [0.4, 0.5) is 0 Å². The van der Waals surface area contributed by atoms with E-state index in [0.29, 0.717) is 21.6 Å². The van der Waals surface area contributed by atoms with Crippen LogP contribution in [-0.2, 0) is 4.79 Å². The molecule has 1 heterocycles. The van der Waals surface area contributed by atoms with Gasteiger partial charge in [0.25, 0.3) is 0 Å². The Labute approximate surface area is 95.2 Å². The zero-order valence-corrected chi connectivity index (χ0v) is 9.84. The lowest BCUT2D eigenvalue weighted by molar-refractivity contribution is -0.138. The molecule has 0 spiro atoms. The summed E-state index contributed by atoms with van der Waals surface area (Å²) in [6.07, 6.45) is 2.04. The maximum atomic E-state index is 10.9. The van der Waals surface area contributed by atoms with Crippen LogP contribution in [0.1, 0.15) is 24.8 Å². The SMILES string of the molecule is CCC(C(=O)O)c1cc(Cl)ncc1Br. The van der Waals surface area contributed by atoms with Gasteiger partial charge in [0.05, 0.1) is 5.92 Å². The molecule has 0 saturated heterocycles. The van der Waals surface area contributed by atoms with E-state index in [0.717, 1.165) is 0 Å². The second-order valence-corrected chi connectivity index (χ2v) is 4.07. The maximum absolute atomic E-state index is 10.9. The van der Waals surface area contributed by atoms with E-state index in [1.165, 1.54) is 6.20 Å². The molecule has 0 aliphatic heterocycles.